The van der Waals surface area contributed by atoms with Crippen LogP contribution in [0.1, 0.15) is 18.4 Å². The number of carbonyl (C=O) groups excluding carboxylic acids is 1. The van der Waals surface area contributed by atoms with Gasteiger partial charge in [0.15, 0.2) is 0 Å². The Labute approximate surface area is 101 Å². The monoisotopic (exact) mass is 241 g/mol. The molecule has 1 aromatic heterocycles. The SMILES string of the molecule is CCOC(=O)COCCNCc1ccc(C)o1. The van der Waals surface area contributed by atoms with Gasteiger partial charge < -0.3 is 19.2 Å². The van der Waals surface area contributed by atoms with E-state index in [4.69, 9.17) is 13.9 Å². The summed E-state index contributed by atoms with van der Waals surface area (Å²) in [6.07, 6.45) is 0. The van der Waals surface area contributed by atoms with E-state index in [2.05, 4.69) is 5.32 Å². The molecule has 0 aliphatic rings. The fraction of sp³-hybridized carbons (Fsp3) is 0.583. The number of rotatable bonds is 8. The molecular weight excluding hydrogens is 222 g/mol. The molecule has 0 spiro atoms. The van der Waals surface area contributed by atoms with Gasteiger partial charge in [-0.3, -0.25) is 0 Å². The Morgan fingerprint density at radius 2 is 2.29 bits per heavy atom. The summed E-state index contributed by atoms with van der Waals surface area (Å²) < 4.78 is 15.2. The molecule has 5 heteroatoms. The lowest BCUT2D eigenvalue weighted by Crippen LogP contribution is -2.21. The van der Waals surface area contributed by atoms with Crippen molar-refractivity contribution >= 4 is 5.97 Å². The molecule has 0 unspecified atom stereocenters. The lowest BCUT2D eigenvalue weighted by atomic mass is 10.4. The molecule has 1 aromatic rings. The van der Waals surface area contributed by atoms with Crippen LogP contribution in [0.2, 0.25) is 0 Å². The fourth-order valence-corrected chi connectivity index (χ4v) is 1.29. The maximum atomic E-state index is 10.9. The normalized spacial score (nSPS) is 10.5. The summed E-state index contributed by atoms with van der Waals surface area (Å²) >= 11 is 0. The predicted octanol–water partition coefficient (Wildman–Crippen LogP) is 1.26. The van der Waals surface area contributed by atoms with Crippen LogP contribution < -0.4 is 5.32 Å². The molecule has 0 aliphatic heterocycles. The van der Waals surface area contributed by atoms with Gasteiger partial charge in [0.2, 0.25) is 0 Å². The van der Waals surface area contributed by atoms with Crippen LogP contribution >= 0.6 is 0 Å². The number of aryl methyl sites for hydroxylation is 1. The second-order valence-electron chi connectivity index (χ2n) is 3.55. The zero-order chi connectivity index (χ0) is 12.5. The van der Waals surface area contributed by atoms with E-state index in [0.717, 1.165) is 11.5 Å². The summed E-state index contributed by atoms with van der Waals surface area (Å²) in [4.78, 5) is 10.9. The number of hydrogen-bond acceptors (Lipinski definition) is 5. The molecule has 1 heterocycles. The van der Waals surface area contributed by atoms with Crippen molar-refractivity contribution in [2.45, 2.75) is 20.4 Å². The number of nitrogens with one attached hydrogen (secondary N) is 1. The average Bonchev–Trinajstić information content (AvgIpc) is 2.70. The Morgan fingerprint density at radius 1 is 1.47 bits per heavy atom. The number of ether oxygens (including phenoxy) is 2. The molecule has 0 bridgehead atoms. The molecule has 0 amide bonds. The third kappa shape index (κ3) is 6.09. The van der Waals surface area contributed by atoms with Crippen LogP contribution in [0.4, 0.5) is 0 Å². The molecule has 0 saturated carbocycles. The van der Waals surface area contributed by atoms with E-state index >= 15 is 0 Å². The minimum Gasteiger partial charge on any atom is -0.465 e. The van der Waals surface area contributed by atoms with E-state index in [1.165, 1.54) is 0 Å². The molecule has 0 aliphatic carbocycles. The minimum atomic E-state index is -0.325. The van der Waals surface area contributed by atoms with Crippen molar-refractivity contribution < 1.29 is 18.7 Å². The molecule has 1 rings (SSSR count). The standard InChI is InChI=1S/C12H19NO4/c1-3-16-12(14)9-15-7-6-13-8-11-5-4-10(2)17-11/h4-5,13H,3,6-9H2,1-2H3. The Hall–Kier alpha value is -1.33. The van der Waals surface area contributed by atoms with Gasteiger partial charge >= 0.3 is 5.97 Å². The van der Waals surface area contributed by atoms with Crippen LogP contribution in [-0.4, -0.2) is 32.3 Å². The second-order valence-corrected chi connectivity index (χ2v) is 3.55. The molecule has 0 fully saturated rings. The van der Waals surface area contributed by atoms with Crippen LogP contribution in [0.3, 0.4) is 0 Å². The first-order chi connectivity index (χ1) is 8.22. The average molecular weight is 241 g/mol. The van der Waals surface area contributed by atoms with Gasteiger partial charge in [-0.15, -0.1) is 0 Å². The summed E-state index contributed by atoms with van der Waals surface area (Å²) in [7, 11) is 0. The maximum Gasteiger partial charge on any atom is 0.332 e. The maximum absolute atomic E-state index is 10.9. The van der Waals surface area contributed by atoms with Crippen LogP contribution in [0.5, 0.6) is 0 Å². The first-order valence-electron chi connectivity index (χ1n) is 5.71. The van der Waals surface area contributed by atoms with Gasteiger partial charge in [-0.25, -0.2) is 4.79 Å². The van der Waals surface area contributed by atoms with Crippen LogP contribution in [0, 0.1) is 6.92 Å². The Balaban J connectivity index is 1.96. The highest BCUT2D eigenvalue weighted by molar-refractivity contribution is 5.70. The fourth-order valence-electron chi connectivity index (χ4n) is 1.29. The molecule has 96 valence electrons. The lowest BCUT2D eigenvalue weighted by molar-refractivity contribution is -0.148. The lowest BCUT2D eigenvalue weighted by Gasteiger charge is -2.04. The predicted molar refractivity (Wildman–Crippen MR) is 62.6 cm³/mol. The van der Waals surface area contributed by atoms with Crippen LogP contribution in [-0.2, 0) is 20.8 Å². The first-order valence-corrected chi connectivity index (χ1v) is 5.71. The molecule has 0 aromatic carbocycles. The van der Waals surface area contributed by atoms with Gasteiger partial charge in [0.25, 0.3) is 0 Å². The quantitative estimate of drug-likeness (QED) is 0.548. The van der Waals surface area contributed by atoms with E-state index in [0.29, 0.717) is 26.3 Å². The van der Waals surface area contributed by atoms with Gasteiger partial charge in [-0.1, -0.05) is 0 Å². The van der Waals surface area contributed by atoms with Crippen molar-refractivity contribution in [1.82, 2.24) is 5.32 Å². The van der Waals surface area contributed by atoms with E-state index in [1.807, 2.05) is 19.1 Å². The summed E-state index contributed by atoms with van der Waals surface area (Å²) in [6, 6.07) is 3.86. The molecule has 1 N–H and O–H groups in total. The molecular formula is C12H19NO4. The molecule has 5 nitrogen and oxygen atoms in total. The van der Waals surface area contributed by atoms with Gasteiger partial charge in [-0.05, 0) is 26.0 Å². The Kier molecular flexibility index (Phi) is 6.35. The van der Waals surface area contributed by atoms with Gasteiger partial charge in [-0.2, -0.15) is 0 Å². The topological polar surface area (TPSA) is 60.7 Å². The van der Waals surface area contributed by atoms with Gasteiger partial charge in [0.1, 0.15) is 18.1 Å². The smallest absolute Gasteiger partial charge is 0.332 e. The van der Waals surface area contributed by atoms with Crippen molar-refractivity contribution in [2.24, 2.45) is 0 Å². The molecule has 0 radical (unpaired) electrons. The minimum absolute atomic E-state index is 0.00931. The van der Waals surface area contributed by atoms with Gasteiger partial charge in [0.05, 0.1) is 19.8 Å². The van der Waals surface area contributed by atoms with Crippen molar-refractivity contribution in [1.29, 1.82) is 0 Å². The van der Waals surface area contributed by atoms with Gasteiger partial charge in [0, 0.05) is 6.54 Å². The van der Waals surface area contributed by atoms with Crippen LogP contribution in [0.15, 0.2) is 16.5 Å². The van der Waals surface area contributed by atoms with Crippen molar-refractivity contribution in [2.75, 3.05) is 26.4 Å². The molecule has 0 saturated heterocycles. The summed E-state index contributed by atoms with van der Waals surface area (Å²) in [5, 5.41) is 3.15. The van der Waals surface area contributed by atoms with E-state index in [-0.39, 0.29) is 12.6 Å². The molecule has 17 heavy (non-hydrogen) atoms. The highest BCUT2D eigenvalue weighted by Gasteiger charge is 2.01. The highest BCUT2D eigenvalue weighted by Crippen LogP contribution is 2.04. The molecule has 0 atom stereocenters. The van der Waals surface area contributed by atoms with Crippen molar-refractivity contribution in [3.05, 3.63) is 23.7 Å². The second kappa shape index (κ2) is 7.86. The zero-order valence-corrected chi connectivity index (χ0v) is 10.3. The first kappa shape index (κ1) is 13.7. The van der Waals surface area contributed by atoms with Crippen LogP contribution in [0.25, 0.3) is 0 Å². The number of hydrogen-bond donors (Lipinski definition) is 1. The summed E-state index contributed by atoms with van der Waals surface area (Å²) in [6.45, 7) is 5.87. The Bertz CT molecular complexity index is 335. The summed E-state index contributed by atoms with van der Waals surface area (Å²) in [5.74, 6) is 1.47. The number of carbonyl (C=O) groups is 1. The largest absolute Gasteiger partial charge is 0.465 e. The van der Waals surface area contributed by atoms with E-state index in [1.54, 1.807) is 6.92 Å². The Morgan fingerprint density at radius 3 is 2.94 bits per heavy atom. The summed E-state index contributed by atoms with van der Waals surface area (Å²) in [5.41, 5.74) is 0. The zero-order valence-electron chi connectivity index (χ0n) is 10.3. The van der Waals surface area contributed by atoms with E-state index < -0.39 is 0 Å². The van der Waals surface area contributed by atoms with E-state index in [9.17, 15) is 4.79 Å². The highest BCUT2D eigenvalue weighted by atomic mass is 16.6. The third-order valence-electron chi connectivity index (χ3n) is 2.04. The van der Waals surface area contributed by atoms with Crippen molar-refractivity contribution in [3.63, 3.8) is 0 Å². The third-order valence-corrected chi connectivity index (χ3v) is 2.04. The number of esters is 1. The van der Waals surface area contributed by atoms with Crippen molar-refractivity contribution in [3.8, 4) is 0 Å². The number of furan rings is 1.